The summed E-state index contributed by atoms with van der Waals surface area (Å²) in [5.74, 6) is 0.0249. The molecular weight excluding hydrogens is 410 g/mol. The van der Waals surface area contributed by atoms with E-state index in [1.165, 1.54) is 45.6 Å². The average molecular weight is 429 g/mol. The maximum atomic E-state index is 12.4. The van der Waals surface area contributed by atoms with Gasteiger partial charge in [0.2, 0.25) is 6.10 Å². The second-order valence-corrected chi connectivity index (χ2v) is 5.99. The van der Waals surface area contributed by atoms with Gasteiger partial charge in [-0.1, -0.05) is 28.9 Å². The maximum Gasteiger partial charge on any atom is 0.387 e. The number of hydrogen-bond acceptors (Lipinski definition) is 6. The first-order chi connectivity index (χ1) is 13.8. The Morgan fingerprint density at radius 3 is 2.55 bits per heavy atom. The normalized spacial score (nSPS) is 12.0. The third-order valence-electron chi connectivity index (χ3n) is 3.61. The van der Waals surface area contributed by atoms with Gasteiger partial charge in [0.05, 0.1) is 31.1 Å². The number of carbonyl (C=O) groups excluding carboxylic acids is 1. The number of ether oxygens (including phenoxy) is 3. The summed E-state index contributed by atoms with van der Waals surface area (Å²) in [5.41, 5.74) is 0.639. The Bertz CT molecular complexity index is 880. The zero-order chi connectivity index (χ0) is 21.4. The SMILES string of the molecule is COc1cc(/C=N/OC(C)C(=O)Nc2ccccc2OC(F)F)cc(Cl)c1OC. The van der Waals surface area contributed by atoms with E-state index in [4.69, 9.17) is 25.9 Å². The number of halogens is 3. The third-order valence-corrected chi connectivity index (χ3v) is 3.89. The standard InChI is InChI=1S/C19H19ClF2N2O5/c1-11(18(25)24-14-6-4-5-7-15(14)28-19(21)22)29-23-10-12-8-13(20)17(27-3)16(9-12)26-2/h4-11,19H,1-3H3,(H,24,25)/b23-10+. The molecule has 7 nitrogen and oxygen atoms in total. The molecule has 0 bridgehead atoms. The summed E-state index contributed by atoms with van der Waals surface area (Å²) < 4.78 is 39.6. The Balaban J connectivity index is 2.01. The van der Waals surface area contributed by atoms with Crippen molar-refractivity contribution in [1.29, 1.82) is 0 Å². The number of methoxy groups -OCH3 is 2. The molecule has 1 unspecified atom stereocenters. The molecule has 1 N–H and O–H groups in total. The summed E-state index contributed by atoms with van der Waals surface area (Å²) in [7, 11) is 2.93. The Kier molecular flexibility index (Phi) is 8.02. The van der Waals surface area contributed by atoms with Gasteiger partial charge in [-0.2, -0.15) is 8.78 Å². The van der Waals surface area contributed by atoms with Crippen LogP contribution in [0, 0.1) is 0 Å². The molecular formula is C19H19ClF2N2O5. The Hall–Kier alpha value is -3.07. The van der Waals surface area contributed by atoms with Crippen molar-refractivity contribution in [2.24, 2.45) is 5.16 Å². The van der Waals surface area contributed by atoms with E-state index in [-0.39, 0.29) is 11.4 Å². The Labute approximate surface area is 171 Å². The summed E-state index contributed by atoms with van der Waals surface area (Å²) >= 11 is 6.11. The molecule has 0 saturated heterocycles. The molecule has 0 saturated carbocycles. The first-order valence-electron chi connectivity index (χ1n) is 8.31. The van der Waals surface area contributed by atoms with Gasteiger partial charge in [0.15, 0.2) is 11.5 Å². The number of oxime groups is 1. The van der Waals surface area contributed by atoms with Gasteiger partial charge in [0.25, 0.3) is 5.91 Å². The van der Waals surface area contributed by atoms with Gasteiger partial charge in [-0.25, -0.2) is 0 Å². The van der Waals surface area contributed by atoms with Crippen LogP contribution in [0.25, 0.3) is 0 Å². The van der Waals surface area contributed by atoms with E-state index in [0.29, 0.717) is 22.1 Å². The summed E-state index contributed by atoms with van der Waals surface area (Å²) in [5, 5.41) is 6.52. The average Bonchev–Trinajstić information content (AvgIpc) is 2.68. The Morgan fingerprint density at radius 2 is 1.90 bits per heavy atom. The molecule has 0 aliphatic heterocycles. The number of carbonyl (C=O) groups is 1. The fourth-order valence-electron chi connectivity index (χ4n) is 2.25. The monoisotopic (exact) mass is 428 g/mol. The molecule has 0 heterocycles. The van der Waals surface area contributed by atoms with Crippen molar-refractivity contribution in [3.63, 3.8) is 0 Å². The van der Waals surface area contributed by atoms with E-state index in [1.54, 1.807) is 18.2 Å². The van der Waals surface area contributed by atoms with E-state index in [0.717, 1.165) is 0 Å². The van der Waals surface area contributed by atoms with E-state index in [1.807, 2.05) is 0 Å². The molecule has 2 aromatic carbocycles. The second-order valence-electron chi connectivity index (χ2n) is 5.58. The molecule has 2 aromatic rings. The zero-order valence-electron chi connectivity index (χ0n) is 15.8. The van der Waals surface area contributed by atoms with Crippen LogP contribution in [0.2, 0.25) is 5.02 Å². The molecule has 29 heavy (non-hydrogen) atoms. The number of anilines is 1. The van der Waals surface area contributed by atoms with Gasteiger partial charge in [-0.15, -0.1) is 0 Å². The van der Waals surface area contributed by atoms with Gasteiger partial charge in [-0.3, -0.25) is 4.79 Å². The number of hydrogen-bond donors (Lipinski definition) is 1. The predicted octanol–water partition coefficient (Wildman–Crippen LogP) is 4.34. The van der Waals surface area contributed by atoms with Crippen LogP contribution in [0.3, 0.4) is 0 Å². The molecule has 1 atom stereocenters. The van der Waals surface area contributed by atoms with E-state index in [2.05, 4.69) is 15.2 Å². The molecule has 0 aliphatic carbocycles. The molecule has 0 aromatic heterocycles. The fraction of sp³-hybridized carbons (Fsp3) is 0.263. The summed E-state index contributed by atoms with van der Waals surface area (Å²) in [4.78, 5) is 17.3. The van der Waals surface area contributed by atoms with Gasteiger partial charge in [-0.05, 0) is 31.2 Å². The highest BCUT2D eigenvalue weighted by Crippen LogP contribution is 2.35. The predicted molar refractivity (Wildman–Crippen MR) is 104 cm³/mol. The number of alkyl halides is 2. The first-order valence-corrected chi connectivity index (χ1v) is 8.69. The number of benzene rings is 2. The van der Waals surface area contributed by atoms with Gasteiger partial charge in [0, 0.05) is 5.56 Å². The molecule has 1 amide bonds. The van der Waals surface area contributed by atoms with E-state index in [9.17, 15) is 13.6 Å². The fourth-order valence-corrected chi connectivity index (χ4v) is 2.54. The number of nitrogens with zero attached hydrogens (tertiary/aromatic N) is 1. The minimum atomic E-state index is -3.01. The second kappa shape index (κ2) is 10.5. The smallest absolute Gasteiger partial charge is 0.387 e. The van der Waals surface area contributed by atoms with Crippen molar-refractivity contribution >= 4 is 29.4 Å². The van der Waals surface area contributed by atoms with Crippen LogP contribution < -0.4 is 19.5 Å². The molecule has 0 spiro atoms. The third kappa shape index (κ3) is 6.21. The highest BCUT2D eigenvalue weighted by Gasteiger charge is 2.17. The maximum absolute atomic E-state index is 12.4. The zero-order valence-corrected chi connectivity index (χ0v) is 16.6. The lowest BCUT2D eigenvalue weighted by atomic mass is 10.2. The van der Waals surface area contributed by atoms with Gasteiger partial charge in [0.1, 0.15) is 5.75 Å². The van der Waals surface area contributed by atoms with Crippen LogP contribution in [0.1, 0.15) is 12.5 Å². The lowest BCUT2D eigenvalue weighted by Crippen LogP contribution is -2.26. The van der Waals surface area contributed by atoms with Crippen molar-refractivity contribution in [3.05, 3.63) is 47.0 Å². The molecule has 0 aliphatic rings. The van der Waals surface area contributed by atoms with E-state index >= 15 is 0 Å². The number of amides is 1. The molecule has 0 fully saturated rings. The van der Waals surface area contributed by atoms with Gasteiger partial charge < -0.3 is 24.4 Å². The number of para-hydroxylation sites is 2. The van der Waals surface area contributed by atoms with Crippen LogP contribution in [0.15, 0.2) is 41.6 Å². The minimum absolute atomic E-state index is 0.0869. The molecule has 0 radical (unpaired) electrons. The number of rotatable bonds is 9. The van der Waals surface area contributed by atoms with Crippen LogP contribution in [0.4, 0.5) is 14.5 Å². The van der Waals surface area contributed by atoms with Crippen LogP contribution in [0.5, 0.6) is 17.2 Å². The van der Waals surface area contributed by atoms with Crippen molar-refractivity contribution in [2.75, 3.05) is 19.5 Å². The topological polar surface area (TPSA) is 78.4 Å². The van der Waals surface area contributed by atoms with Crippen molar-refractivity contribution in [3.8, 4) is 17.2 Å². The first kappa shape index (κ1) is 22.2. The van der Waals surface area contributed by atoms with E-state index < -0.39 is 18.6 Å². The van der Waals surface area contributed by atoms with Crippen LogP contribution in [-0.2, 0) is 9.63 Å². The van der Waals surface area contributed by atoms with Crippen molar-refractivity contribution in [1.82, 2.24) is 0 Å². The quantitative estimate of drug-likeness (QED) is 0.475. The van der Waals surface area contributed by atoms with Crippen LogP contribution in [-0.4, -0.2) is 39.1 Å². The van der Waals surface area contributed by atoms with Crippen molar-refractivity contribution < 1.29 is 32.6 Å². The Morgan fingerprint density at radius 1 is 1.17 bits per heavy atom. The number of nitrogens with one attached hydrogen (secondary N) is 1. The summed E-state index contributed by atoms with van der Waals surface area (Å²) in [6.45, 7) is -1.56. The van der Waals surface area contributed by atoms with Gasteiger partial charge >= 0.3 is 6.61 Å². The molecule has 10 heteroatoms. The summed E-state index contributed by atoms with van der Waals surface area (Å²) in [6, 6.07) is 9.02. The molecule has 156 valence electrons. The lowest BCUT2D eigenvalue weighted by molar-refractivity contribution is -0.126. The minimum Gasteiger partial charge on any atom is -0.493 e. The largest absolute Gasteiger partial charge is 0.493 e. The molecule has 2 rings (SSSR count). The van der Waals surface area contributed by atoms with Crippen LogP contribution >= 0.6 is 11.6 Å². The highest BCUT2D eigenvalue weighted by molar-refractivity contribution is 6.32. The lowest BCUT2D eigenvalue weighted by Gasteiger charge is -2.14. The van der Waals surface area contributed by atoms with Crippen molar-refractivity contribution in [2.45, 2.75) is 19.6 Å². The summed E-state index contributed by atoms with van der Waals surface area (Å²) in [6.07, 6.45) is 0.326. The highest BCUT2D eigenvalue weighted by atomic mass is 35.5.